The van der Waals surface area contributed by atoms with E-state index in [-0.39, 0.29) is 0 Å². The number of nitrogen functional groups attached to an aromatic ring is 1. The fourth-order valence-electron chi connectivity index (χ4n) is 1.42. The highest BCUT2D eigenvalue weighted by atomic mass is 35.5. The molecule has 0 unspecified atom stereocenters. The summed E-state index contributed by atoms with van der Waals surface area (Å²) in [6.45, 7) is 2.01. The molecule has 4 heteroatoms. The van der Waals surface area contributed by atoms with Gasteiger partial charge < -0.3 is 5.73 Å². The van der Waals surface area contributed by atoms with Crippen molar-refractivity contribution in [1.82, 2.24) is 4.98 Å². The van der Waals surface area contributed by atoms with E-state index >= 15 is 0 Å². The Hall–Kier alpha value is -1.19. The fraction of sp³-hybridized carbons (Fsp3) is 0.154. The van der Waals surface area contributed by atoms with Crippen molar-refractivity contribution in [3.8, 4) is 0 Å². The minimum atomic E-state index is 0.726. The zero-order valence-corrected chi connectivity index (χ0v) is 11.1. The highest BCUT2D eigenvalue weighted by Crippen LogP contribution is 2.25. The van der Waals surface area contributed by atoms with Crippen molar-refractivity contribution in [2.75, 3.05) is 5.73 Å². The minimum Gasteiger partial charge on any atom is -0.399 e. The van der Waals surface area contributed by atoms with Gasteiger partial charge in [-0.25, -0.2) is 0 Å². The molecule has 0 aliphatic heterocycles. The molecular formula is C13H13ClN2S. The van der Waals surface area contributed by atoms with Crippen LogP contribution in [0.25, 0.3) is 0 Å². The van der Waals surface area contributed by atoms with Gasteiger partial charge in [0.2, 0.25) is 0 Å². The number of benzene rings is 1. The first kappa shape index (κ1) is 12.3. The molecule has 1 heterocycles. The van der Waals surface area contributed by atoms with E-state index in [1.807, 2.05) is 25.1 Å². The summed E-state index contributed by atoms with van der Waals surface area (Å²) in [5.41, 5.74) is 8.69. The van der Waals surface area contributed by atoms with Crippen LogP contribution in [0.5, 0.6) is 0 Å². The Bertz CT molecular complexity index is 529. The lowest BCUT2D eigenvalue weighted by molar-refractivity contribution is 1.17. The number of nitrogens with zero attached hydrogens (tertiary/aromatic N) is 1. The van der Waals surface area contributed by atoms with E-state index in [9.17, 15) is 0 Å². The number of halogens is 1. The number of hydrogen-bond donors (Lipinski definition) is 1. The van der Waals surface area contributed by atoms with Gasteiger partial charge in [0.05, 0.1) is 5.69 Å². The standard InChI is InChI=1S/C13H13ClN2S/c1-9-6-12(2-3-13(9)15)17-8-11-7-10(14)4-5-16-11/h2-7H,8,15H2,1H3. The van der Waals surface area contributed by atoms with Crippen LogP contribution in [0.15, 0.2) is 41.4 Å². The molecule has 0 fully saturated rings. The van der Waals surface area contributed by atoms with Crippen LogP contribution < -0.4 is 5.73 Å². The molecule has 2 aromatic rings. The second-order valence-electron chi connectivity index (χ2n) is 3.77. The van der Waals surface area contributed by atoms with Crippen LogP contribution in [-0.4, -0.2) is 4.98 Å². The summed E-state index contributed by atoms with van der Waals surface area (Å²) in [7, 11) is 0. The van der Waals surface area contributed by atoms with Gasteiger partial charge in [-0.1, -0.05) is 11.6 Å². The second-order valence-corrected chi connectivity index (χ2v) is 5.26. The van der Waals surface area contributed by atoms with E-state index in [0.717, 1.165) is 27.7 Å². The lowest BCUT2D eigenvalue weighted by Crippen LogP contribution is -1.89. The summed E-state index contributed by atoms with van der Waals surface area (Å²) in [4.78, 5) is 5.46. The second kappa shape index (κ2) is 5.43. The van der Waals surface area contributed by atoms with E-state index in [4.69, 9.17) is 17.3 Å². The van der Waals surface area contributed by atoms with E-state index < -0.39 is 0 Å². The van der Waals surface area contributed by atoms with Gasteiger partial charge in [-0.2, -0.15) is 0 Å². The molecule has 0 radical (unpaired) electrons. The van der Waals surface area contributed by atoms with E-state index in [0.29, 0.717) is 0 Å². The average molecular weight is 265 g/mol. The quantitative estimate of drug-likeness (QED) is 0.675. The molecule has 2 N–H and O–H groups in total. The third-order valence-electron chi connectivity index (χ3n) is 2.41. The lowest BCUT2D eigenvalue weighted by atomic mass is 10.2. The number of thioether (sulfide) groups is 1. The Morgan fingerprint density at radius 1 is 1.29 bits per heavy atom. The molecule has 1 aromatic carbocycles. The van der Waals surface area contributed by atoms with Gasteiger partial charge in [0.25, 0.3) is 0 Å². The Balaban J connectivity index is 2.05. The zero-order chi connectivity index (χ0) is 12.3. The number of hydrogen-bond acceptors (Lipinski definition) is 3. The molecule has 0 atom stereocenters. The topological polar surface area (TPSA) is 38.9 Å². The van der Waals surface area contributed by atoms with Crippen molar-refractivity contribution in [1.29, 1.82) is 0 Å². The van der Waals surface area contributed by atoms with E-state index in [1.165, 1.54) is 4.90 Å². The van der Waals surface area contributed by atoms with E-state index in [2.05, 4.69) is 11.1 Å². The molecule has 88 valence electrons. The Kier molecular flexibility index (Phi) is 3.92. The fourth-order valence-corrected chi connectivity index (χ4v) is 2.50. The molecular weight excluding hydrogens is 252 g/mol. The van der Waals surface area contributed by atoms with Crippen LogP contribution in [0.2, 0.25) is 5.02 Å². The number of pyridine rings is 1. The van der Waals surface area contributed by atoms with Crippen molar-refractivity contribution >= 4 is 29.1 Å². The molecule has 1 aromatic heterocycles. The normalized spacial score (nSPS) is 10.5. The molecule has 0 saturated heterocycles. The van der Waals surface area contributed by atoms with Crippen molar-refractivity contribution in [3.63, 3.8) is 0 Å². The van der Waals surface area contributed by atoms with Gasteiger partial charge in [0.15, 0.2) is 0 Å². The molecule has 0 bridgehead atoms. The van der Waals surface area contributed by atoms with Crippen molar-refractivity contribution in [2.45, 2.75) is 17.6 Å². The third-order valence-corrected chi connectivity index (χ3v) is 3.67. The van der Waals surface area contributed by atoms with Crippen LogP contribution in [0, 0.1) is 6.92 Å². The smallest absolute Gasteiger partial charge is 0.0521 e. The highest BCUT2D eigenvalue weighted by molar-refractivity contribution is 7.98. The minimum absolute atomic E-state index is 0.726. The van der Waals surface area contributed by atoms with Crippen molar-refractivity contribution in [3.05, 3.63) is 52.8 Å². The van der Waals surface area contributed by atoms with Crippen LogP contribution in [0.1, 0.15) is 11.3 Å². The van der Waals surface area contributed by atoms with Gasteiger partial charge in [0.1, 0.15) is 0 Å². The predicted octanol–water partition coefficient (Wildman–Crippen LogP) is 3.92. The van der Waals surface area contributed by atoms with Gasteiger partial charge in [-0.05, 0) is 42.8 Å². The summed E-state index contributed by atoms with van der Waals surface area (Å²) in [5, 5.41) is 0.726. The number of nitrogens with two attached hydrogens (primary N) is 1. The average Bonchev–Trinajstić information content (AvgIpc) is 2.31. The third kappa shape index (κ3) is 3.38. The number of aryl methyl sites for hydroxylation is 1. The van der Waals surface area contributed by atoms with Gasteiger partial charge in [-0.15, -0.1) is 11.8 Å². The SMILES string of the molecule is Cc1cc(SCc2cc(Cl)ccn2)ccc1N. The van der Waals surface area contributed by atoms with Crippen molar-refractivity contribution < 1.29 is 0 Å². The molecule has 0 saturated carbocycles. The molecule has 17 heavy (non-hydrogen) atoms. The zero-order valence-electron chi connectivity index (χ0n) is 9.48. The maximum absolute atomic E-state index is 5.91. The number of aromatic nitrogens is 1. The molecule has 0 amide bonds. The largest absolute Gasteiger partial charge is 0.399 e. The first-order chi connectivity index (χ1) is 8.15. The first-order valence-corrected chi connectivity index (χ1v) is 6.61. The maximum atomic E-state index is 5.91. The lowest BCUT2D eigenvalue weighted by Gasteiger charge is -2.05. The summed E-state index contributed by atoms with van der Waals surface area (Å²) >= 11 is 7.64. The molecule has 0 aliphatic rings. The summed E-state index contributed by atoms with van der Waals surface area (Å²) in [6.07, 6.45) is 1.73. The summed E-state index contributed by atoms with van der Waals surface area (Å²) < 4.78 is 0. The summed E-state index contributed by atoms with van der Waals surface area (Å²) in [6, 6.07) is 9.72. The van der Waals surface area contributed by atoms with Gasteiger partial charge in [0, 0.05) is 27.6 Å². The molecule has 0 aliphatic carbocycles. The van der Waals surface area contributed by atoms with Crippen LogP contribution >= 0.6 is 23.4 Å². The Labute approximate surface area is 110 Å². The van der Waals surface area contributed by atoms with Crippen molar-refractivity contribution in [2.24, 2.45) is 0 Å². The summed E-state index contributed by atoms with van der Waals surface area (Å²) in [5.74, 6) is 0.809. The molecule has 0 spiro atoms. The van der Waals surface area contributed by atoms with Gasteiger partial charge >= 0.3 is 0 Å². The molecule has 2 rings (SSSR count). The first-order valence-electron chi connectivity index (χ1n) is 5.24. The van der Waals surface area contributed by atoms with E-state index in [1.54, 1.807) is 24.0 Å². The predicted molar refractivity (Wildman–Crippen MR) is 74.4 cm³/mol. The Morgan fingerprint density at radius 2 is 2.12 bits per heavy atom. The van der Waals surface area contributed by atoms with Crippen LogP contribution in [-0.2, 0) is 5.75 Å². The number of anilines is 1. The maximum Gasteiger partial charge on any atom is 0.0521 e. The van der Waals surface area contributed by atoms with Crippen LogP contribution in [0.3, 0.4) is 0 Å². The highest BCUT2D eigenvalue weighted by Gasteiger charge is 2.00. The van der Waals surface area contributed by atoms with Gasteiger partial charge in [-0.3, -0.25) is 4.98 Å². The monoisotopic (exact) mass is 264 g/mol. The molecule has 2 nitrogen and oxygen atoms in total. The number of rotatable bonds is 3. The van der Waals surface area contributed by atoms with Crippen LogP contribution in [0.4, 0.5) is 5.69 Å². The Morgan fingerprint density at radius 3 is 2.82 bits per heavy atom.